The van der Waals surface area contributed by atoms with E-state index in [0.29, 0.717) is 5.92 Å². The Bertz CT molecular complexity index is 765. The zero-order chi connectivity index (χ0) is 15.1. The van der Waals surface area contributed by atoms with E-state index in [1.165, 1.54) is 19.3 Å². The molecule has 3 heterocycles. The molecular formula is C14H18N6OS. The van der Waals surface area contributed by atoms with Crippen molar-refractivity contribution in [3.8, 4) is 0 Å². The Hall–Kier alpha value is -1.96. The van der Waals surface area contributed by atoms with Crippen molar-refractivity contribution in [2.45, 2.75) is 38.5 Å². The number of anilines is 1. The average Bonchev–Trinajstić information content (AvgIpc) is 3.09. The number of rotatable bonds is 5. The van der Waals surface area contributed by atoms with E-state index in [9.17, 15) is 0 Å². The Kier molecular flexibility index (Phi) is 3.33. The highest BCUT2D eigenvalue weighted by molar-refractivity contribution is 7.22. The SMILES string of the molecule is Cc1nn(C)c2nc(NCCc3noc(C4CCC4)n3)sc12. The maximum Gasteiger partial charge on any atom is 0.229 e. The van der Waals surface area contributed by atoms with Gasteiger partial charge in [-0.25, -0.2) is 9.67 Å². The second kappa shape index (κ2) is 5.35. The first-order valence-corrected chi connectivity index (χ1v) is 8.39. The summed E-state index contributed by atoms with van der Waals surface area (Å²) in [5.74, 6) is 2.07. The summed E-state index contributed by atoms with van der Waals surface area (Å²) in [6.07, 6.45) is 4.37. The first kappa shape index (κ1) is 13.7. The van der Waals surface area contributed by atoms with Crippen LogP contribution in [0.5, 0.6) is 0 Å². The van der Waals surface area contributed by atoms with Crippen molar-refractivity contribution in [3.05, 3.63) is 17.4 Å². The highest BCUT2D eigenvalue weighted by Gasteiger charge is 2.25. The molecule has 3 aromatic rings. The maximum atomic E-state index is 5.32. The zero-order valence-corrected chi connectivity index (χ0v) is 13.5. The quantitative estimate of drug-likeness (QED) is 0.779. The maximum absolute atomic E-state index is 5.32. The molecule has 0 unspecified atom stereocenters. The van der Waals surface area contributed by atoms with Crippen LogP contribution >= 0.6 is 11.3 Å². The van der Waals surface area contributed by atoms with Gasteiger partial charge in [-0.2, -0.15) is 10.1 Å². The Balaban J connectivity index is 1.37. The summed E-state index contributed by atoms with van der Waals surface area (Å²) in [5, 5.41) is 12.7. The standard InChI is InChI=1S/C14H18N6OS/c1-8-11-12(20(2)18-8)17-14(22-11)15-7-6-10-16-13(21-19-10)9-4-3-5-9/h9H,3-7H2,1-2H3,(H,15,17). The molecule has 116 valence electrons. The molecule has 0 aliphatic heterocycles. The summed E-state index contributed by atoms with van der Waals surface area (Å²) >= 11 is 1.63. The van der Waals surface area contributed by atoms with Crippen LogP contribution < -0.4 is 5.32 Å². The predicted octanol–water partition coefficient (Wildman–Crippen LogP) is 2.64. The summed E-state index contributed by atoms with van der Waals surface area (Å²) < 4.78 is 8.28. The summed E-state index contributed by atoms with van der Waals surface area (Å²) in [6.45, 7) is 2.75. The minimum absolute atomic E-state index is 0.494. The lowest BCUT2D eigenvalue weighted by Crippen LogP contribution is -2.09. The van der Waals surface area contributed by atoms with Gasteiger partial charge in [0.2, 0.25) is 5.89 Å². The van der Waals surface area contributed by atoms with E-state index in [4.69, 9.17) is 4.52 Å². The summed E-state index contributed by atoms with van der Waals surface area (Å²) in [5.41, 5.74) is 1.95. The van der Waals surface area contributed by atoms with Gasteiger partial charge in [0.1, 0.15) is 0 Å². The highest BCUT2D eigenvalue weighted by Crippen LogP contribution is 2.35. The van der Waals surface area contributed by atoms with Gasteiger partial charge in [0.15, 0.2) is 16.6 Å². The lowest BCUT2D eigenvalue weighted by Gasteiger charge is -2.20. The number of fused-ring (bicyclic) bond motifs is 1. The lowest BCUT2D eigenvalue weighted by atomic mass is 9.85. The van der Waals surface area contributed by atoms with Crippen molar-refractivity contribution >= 4 is 26.8 Å². The van der Waals surface area contributed by atoms with Crippen LogP contribution in [0.2, 0.25) is 0 Å². The summed E-state index contributed by atoms with van der Waals surface area (Å²) in [7, 11) is 1.92. The molecule has 1 fully saturated rings. The number of nitrogens with zero attached hydrogens (tertiary/aromatic N) is 5. The first-order valence-electron chi connectivity index (χ1n) is 7.57. The van der Waals surface area contributed by atoms with Gasteiger partial charge in [0.05, 0.1) is 10.4 Å². The van der Waals surface area contributed by atoms with Crippen LogP contribution in [-0.4, -0.2) is 31.4 Å². The van der Waals surface area contributed by atoms with Crippen LogP contribution in [0, 0.1) is 6.92 Å². The summed E-state index contributed by atoms with van der Waals surface area (Å²) in [4.78, 5) is 9.04. The fraction of sp³-hybridized carbons (Fsp3) is 0.571. The normalized spacial score (nSPS) is 15.4. The van der Waals surface area contributed by atoms with Crippen molar-refractivity contribution < 1.29 is 4.52 Å². The van der Waals surface area contributed by atoms with Gasteiger partial charge in [-0.3, -0.25) is 0 Å². The third-order valence-electron chi connectivity index (χ3n) is 4.11. The second-order valence-electron chi connectivity index (χ2n) is 5.73. The Labute approximate surface area is 131 Å². The van der Waals surface area contributed by atoms with Crippen LogP contribution in [0.4, 0.5) is 5.13 Å². The molecule has 1 saturated carbocycles. The number of nitrogens with one attached hydrogen (secondary N) is 1. The van der Waals surface area contributed by atoms with E-state index in [1.54, 1.807) is 11.3 Å². The first-order chi connectivity index (χ1) is 10.7. The van der Waals surface area contributed by atoms with Gasteiger partial charge < -0.3 is 9.84 Å². The van der Waals surface area contributed by atoms with Crippen molar-refractivity contribution in [2.75, 3.05) is 11.9 Å². The Morgan fingerprint density at radius 3 is 2.95 bits per heavy atom. The third-order valence-corrected chi connectivity index (χ3v) is 5.22. The topological polar surface area (TPSA) is 81.7 Å². The molecule has 0 saturated heterocycles. The van der Waals surface area contributed by atoms with Gasteiger partial charge in [-0.15, -0.1) is 0 Å². The van der Waals surface area contributed by atoms with Gasteiger partial charge in [-0.1, -0.05) is 22.9 Å². The van der Waals surface area contributed by atoms with Crippen LogP contribution in [-0.2, 0) is 13.5 Å². The highest BCUT2D eigenvalue weighted by atomic mass is 32.1. The van der Waals surface area contributed by atoms with E-state index in [1.807, 2.05) is 18.7 Å². The number of aryl methyl sites for hydroxylation is 2. The van der Waals surface area contributed by atoms with Crippen molar-refractivity contribution in [1.29, 1.82) is 0 Å². The molecule has 0 amide bonds. The van der Waals surface area contributed by atoms with Crippen LogP contribution in [0.25, 0.3) is 10.3 Å². The predicted molar refractivity (Wildman–Crippen MR) is 84.2 cm³/mol. The number of thiazole rings is 1. The molecular weight excluding hydrogens is 300 g/mol. The minimum atomic E-state index is 0.494. The number of hydrogen-bond donors (Lipinski definition) is 1. The van der Waals surface area contributed by atoms with Crippen molar-refractivity contribution in [3.63, 3.8) is 0 Å². The molecule has 3 aromatic heterocycles. The molecule has 1 aliphatic carbocycles. The number of aromatic nitrogens is 5. The fourth-order valence-corrected chi connectivity index (χ4v) is 3.59. The van der Waals surface area contributed by atoms with E-state index < -0.39 is 0 Å². The lowest BCUT2D eigenvalue weighted by molar-refractivity contribution is 0.291. The van der Waals surface area contributed by atoms with Crippen LogP contribution in [0.15, 0.2) is 4.52 Å². The molecule has 7 nitrogen and oxygen atoms in total. The smallest absolute Gasteiger partial charge is 0.229 e. The average molecular weight is 318 g/mol. The number of hydrogen-bond acceptors (Lipinski definition) is 7. The molecule has 0 atom stereocenters. The second-order valence-corrected chi connectivity index (χ2v) is 6.73. The van der Waals surface area contributed by atoms with E-state index >= 15 is 0 Å². The molecule has 1 aliphatic rings. The zero-order valence-electron chi connectivity index (χ0n) is 12.7. The minimum Gasteiger partial charge on any atom is -0.361 e. The van der Waals surface area contributed by atoms with Gasteiger partial charge in [0.25, 0.3) is 0 Å². The third kappa shape index (κ3) is 2.37. The van der Waals surface area contributed by atoms with Crippen LogP contribution in [0.1, 0.15) is 42.6 Å². The monoisotopic (exact) mass is 318 g/mol. The largest absolute Gasteiger partial charge is 0.361 e. The Morgan fingerprint density at radius 1 is 1.36 bits per heavy atom. The molecule has 0 spiro atoms. The molecule has 0 radical (unpaired) electrons. The molecule has 0 bridgehead atoms. The van der Waals surface area contributed by atoms with E-state index in [2.05, 4.69) is 25.5 Å². The van der Waals surface area contributed by atoms with E-state index in [0.717, 1.165) is 45.9 Å². The molecule has 0 aromatic carbocycles. The molecule has 4 rings (SSSR count). The Morgan fingerprint density at radius 2 is 2.23 bits per heavy atom. The summed E-state index contributed by atoms with van der Waals surface area (Å²) in [6, 6.07) is 0. The van der Waals surface area contributed by atoms with Crippen molar-refractivity contribution in [1.82, 2.24) is 24.9 Å². The van der Waals surface area contributed by atoms with Gasteiger partial charge in [0, 0.05) is 25.9 Å². The molecule has 8 heteroatoms. The van der Waals surface area contributed by atoms with Crippen LogP contribution in [0.3, 0.4) is 0 Å². The molecule has 22 heavy (non-hydrogen) atoms. The van der Waals surface area contributed by atoms with Crippen molar-refractivity contribution in [2.24, 2.45) is 7.05 Å². The van der Waals surface area contributed by atoms with Gasteiger partial charge in [-0.05, 0) is 19.8 Å². The fourth-order valence-electron chi connectivity index (χ4n) is 2.63. The van der Waals surface area contributed by atoms with Gasteiger partial charge >= 0.3 is 0 Å². The van der Waals surface area contributed by atoms with E-state index in [-0.39, 0.29) is 0 Å². The molecule has 1 N–H and O–H groups in total.